The van der Waals surface area contributed by atoms with Crippen molar-refractivity contribution >= 4 is 29.2 Å². The lowest BCUT2D eigenvalue weighted by atomic mass is 10.0. The fourth-order valence-electron chi connectivity index (χ4n) is 3.88. The Morgan fingerprint density at radius 1 is 1.12 bits per heavy atom. The molecule has 1 saturated heterocycles. The Balaban J connectivity index is 1.74. The van der Waals surface area contributed by atoms with Crippen molar-refractivity contribution in [1.29, 1.82) is 0 Å². The van der Waals surface area contributed by atoms with E-state index in [2.05, 4.69) is 15.3 Å². The molecule has 1 atom stereocenters. The van der Waals surface area contributed by atoms with Gasteiger partial charge in [-0.15, -0.1) is 0 Å². The SMILES string of the molecule is Cc1nc(N[C@H](C)c2cccc(C(F)(F)F)c2F)c2cc(P3(=O)CCOCC3)ccc2n1. The van der Waals surface area contributed by atoms with Crippen LogP contribution in [-0.4, -0.2) is 35.5 Å². The third-order valence-electron chi connectivity index (χ3n) is 5.61. The first-order valence-corrected chi connectivity index (χ1v) is 12.2. The molecule has 2 heterocycles. The zero-order valence-corrected chi connectivity index (χ0v) is 18.4. The summed E-state index contributed by atoms with van der Waals surface area (Å²) < 4.78 is 72.7. The van der Waals surface area contributed by atoms with E-state index in [1.807, 2.05) is 0 Å². The molecule has 3 aromatic rings. The summed E-state index contributed by atoms with van der Waals surface area (Å²) in [5.41, 5.74) is -0.842. The van der Waals surface area contributed by atoms with Crippen LogP contribution in [0.4, 0.5) is 23.4 Å². The highest BCUT2D eigenvalue weighted by atomic mass is 31.2. The average Bonchev–Trinajstić information content (AvgIpc) is 2.73. The highest BCUT2D eigenvalue weighted by molar-refractivity contribution is 7.71. The number of anilines is 1. The van der Waals surface area contributed by atoms with Crippen LogP contribution in [0.15, 0.2) is 36.4 Å². The Hall–Kier alpha value is -2.51. The highest BCUT2D eigenvalue weighted by Crippen LogP contribution is 2.46. The molecule has 32 heavy (non-hydrogen) atoms. The molecule has 1 aliphatic rings. The van der Waals surface area contributed by atoms with Crippen molar-refractivity contribution in [1.82, 2.24) is 9.97 Å². The Morgan fingerprint density at radius 2 is 1.84 bits per heavy atom. The predicted octanol–water partition coefficient (Wildman–Crippen LogP) is 5.29. The van der Waals surface area contributed by atoms with Crippen molar-refractivity contribution < 1.29 is 26.9 Å². The van der Waals surface area contributed by atoms with Gasteiger partial charge in [0.25, 0.3) is 0 Å². The van der Waals surface area contributed by atoms with Crippen LogP contribution in [0.3, 0.4) is 0 Å². The summed E-state index contributed by atoms with van der Waals surface area (Å²) >= 11 is 0. The number of nitrogens with zero attached hydrogens (tertiary/aromatic N) is 2. The minimum atomic E-state index is -4.79. The standard InChI is InChI=1S/C22H22F4N3O2P/c1-13(16-4-3-5-18(20(16)23)22(24,25)26)27-21-17-12-15(32(30)10-8-31-9-11-32)6-7-19(17)28-14(2)29-21/h3-7,12-13H,8-11H2,1-2H3,(H,27,28,29)/t13-/m1/s1. The number of hydrogen-bond donors (Lipinski definition) is 1. The lowest BCUT2D eigenvalue weighted by Crippen LogP contribution is -2.22. The average molecular weight is 467 g/mol. The van der Waals surface area contributed by atoms with Crippen LogP contribution < -0.4 is 10.6 Å². The second-order valence-electron chi connectivity index (χ2n) is 7.84. The van der Waals surface area contributed by atoms with Crippen molar-refractivity contribution in [2.45, 2.75) is 26.1 Å². The van der Waals surface area contributed by atoms with E-state index < -0.39 is 30.7 Å². The zero-order valence-electron chi connectivity index (χ0n) is 17.5. The summed E-state index contributed by atoms with van der Waals surface area (Å²) in [6.07, 6.45) is -3.90. The molecule has 5 nitrogen and oxygen atoms in total. The van der Waals surface area contributed by atoms with E-state index in [-0.39, 0.29) is 5.56 Å². The van der Waals surface area contributed by atoms with E-state index in [9.17, 15) is 22.1 Å². The van der Waals surface area contributed by atoms with Crippen molar-refractivity contribution in [3.63, 3.8) is 0 Å². The number of alkyl halides is 3. The Bertz CT molecular complexity index is 1210. The number of aryl methyl sites for hydroxylation is 1. The topological polar surface area (TPSA) is 64.1 Å². The summed E-state index contributed by atoms with van der Waals surface area (Å²) in [5.74, 6) is -0.525. The first-order valence-electron chi connectivity index (χ1n) is 10.2. The van der Waals surface area contributed by atoms with Gasteiger partial charge in [0.1, 0.15) is 24.6 Å². The first-order chi connectivity index (χ1) is 15.1. The molecule has 0 unspecified atom stereocenters. The molecule has 2 aromatic carbocycles. The summed E-state index contributed by atoms with van der Waals surface area (Å²) in [5, 5.41) is 4.29. The monoisotopic (exact) mass is 467 g/mol. The predicted molar refractivity (Wildman–Crippen MR) is 116 cm³/mol. The van der Waals surface area contributed by atoms with Crippen LogP contribution in [0, 0.1) is 12.7 Å². The van der Waals surface area contributed by atoms with Gasteiger partial charge >= 0.3 is 6.18 Å². The van der Waals surface area contributed by atoms with Crippen molar-refractivity contribution in [2.75, 3.05) is 30.9 Å². The number of hydrogen-bond acceptors (Lipinski definition) is 5. The quantitative estimate of drug-likeness (QED) is 0.418. The molecular formula is C22H22F4N3O2P. The van der Waals surface area contributed by atoms with Gasteiger partial charge in [-0.3, -0.25) is 0 Å². The molecule has 4 rings (SSSR count). The minimum absolute atomic E-state index is 0.127. The molecule has 0 radical (unpaired) electrons. The van der Waals surface area contributed by atoms with E-state index in [1.54, 1.807) is 32.0 Å². The maximum Gasteiger partial charge on any atom is 0.419 e. The molecule has 0 spiro atoms. The molecule has 0 amide bonds. The summed E-state index contributed by atoms with van der Waals surface area (Å²) in [6, 6.07) is 7.71. The maximum absolute atomic E-state index is 14.6. The lowest BCUT2D eigenvalue weighted by molar-refractivity contribution is -0.140. The number of halogens is 4. The van der Waals surface area contributed by atoms with E-state index in [4.69, 9.17) is 4.74 Å². The first kappa shape index (κ1) is 22.7. The van der Waals surface area contributed by atoms with Crippen LogP contribution in [0.1, 0.15) is 29.9 Å². The lowest BCUT2D eigenvalue weighted by Gasteiger charge is -2.24. The molecule has 0 aliphatic carbocycles. The molecule has 1 aliphatic heterocycles. The molecular weight excluding hydrogens is 445 g/mol. The molecule has 1 fully saturated rings. The highest BCUT2D eigenvalue weighted by Gasteiger charge is 2.35. The van der Waals surface area contributed by atoms with E-state index in [1.165, 1.54) is 12.1 Å². The number of benzene rings is 2. The summed E-state index contributed by atoms with van der Waals surface area (Å²) in [7, 11) is -2.62. The van der Waals surface area contributed by atoms with Crippen LogP contribution in [0.5, 0.6) is 0 Å². The number of rotatable bonds is 4. The molecule has 10 heteroatoms. The van der Waals surface area contributed by atoms with Crippen LogP contribution in [0.2, 0.25) is 0 Å². The van der Waals surface area contributed by atoms with Gasteiger partial charge in [-0.25, -0.2) is 14.4 Å². The number of fused-ring (bicyclic) bond motifs is 1. The van der Waals surface area contributed by atoms with Crippen LogP contribution in [0.25, 0.3) is 10.9 Å². The van der Waals surface area contributed by atoms with Gasteiger partial charge in [-0.1, -0.05) is 12.1 Å². The molecule has 1 N–H and O–H groups in total. The molecule has 1 aromatic heterocycles. The maximum atomic E-state index is 14.6. The van der Waals surface area contributed by atoms with Crippen molar-refractivity contribution in [2.24, 2.45) is 0 Å². The van der Waals surface area contributed by atoms with Crippen LogP contribution >= 0.6 is 7.14 Å². The van der Waals surface area contributed by atoms with Gasteiger partial charge in [-0.2, -0.15) is 13.2 Å². The minimum Gasteiger partial charge on any atom is -0.380 e. The number of nitrogens with one attached hydrogen (secondary N) is 1. The summed E-state index contributed by atoms with van der Waals surface area (Å²) in [4.78, 5) is 8.80. The van der Waals surface area contributed by atoms with Gasteiger partial charge in [0, 0.05) is 28.6 Å². The number of ether oxygens (including phenoxy) is 1. The van der Waals surface area contributed by atoms with Gasteiger partial charge in [0.05, 0.1) is 30.3 Å². The number of aromatic nitrogens is 2. The van der Waals surface area contributed by atoms with Crippen molar-refractivity contribution in [3.8, 4) is 0 Å². The molecule has 0 bridgehead atoms. The van der Waals surface area contributed by atoms with Gasteiger partial charge < -0.3 is 14.6 Å². The fourth-order valence-corrected chi connectivity index (χ4v) is 6.18. The fraction of sp³-hybridized carbons (Fsp3) is 0.364. The van der Waals surface area contributed by atoms with E-state index in [0.29, 0.717) is 59.5 Å². The Morgan fingerprint density at radius 3 is 2.53 bits per heavy atom. The largest absolute Gasteiger partial charge is 0.419 e. The zero-order chi connectivity index (χ0) is 23.1. The molecule has 0 saturated carbocycles. The van der Waals surface area contributed by atoms with Crippen LogP contribution in [-0.2, 0) is 15.5 Å². The van der Waals surface area contributed by atoms with Gasteiger partial charge in [-0.05, 0) is 38.1 Å². The van der Waals surface area contributed by atoms with E-state index in [0.717, 1.165) is 0 Å². The second-order valence-corrected chi connectivity index (χ2v) is 11.0. The van der Waals surface area contributed by atoms with E-state index >= 15 is 0 Å². The van der Waals surface area contributed by atoms with Crippen molar-refractivity contribution in [3.05, 3.63) is 59.2 Å². The second kappa shape index (κ2) is 8.45. The Kier molecular flexibility index (Phi) is 5.98. The summed E-state index contributed by atoms with van der Waals surface area (Å²) in [6.45, 7) is 4.11. The normalized spacial score (nSPS) is 17.3. The Labute approximate surface area is 182 Å². The molecule has 170 valence electrons. The van der Waals surface area contributed by atoms with Gasteiger partial charge in [0.15, 0.2) is 0 Å². The van der Waals surface area contributed by atoms with Gasteiger partial charge in [0.2, 0.25) is 0 Å². The third kappa shape index (κ3) is 4.36. The third-order valence-corrected chi connectivity index (χ3v) is 8.64. The smallest absolute Gasteiger partial charge is 0.380 e.